The highest BCUT2D eigenvalue weighted by Crippen LogP contribution is 2.21. The Balaban J connectivity index is 2.78. The molecule has 0 atom stereocenters. The lowest BCUT2D eigenvalue weighted by Crippen LogP contribution is -1.99. The van der Waals surface area contributed by atoms with E-state index in [2.05, 4.69) is 33.4 Å². The van der Waals surface area contributed by atoms with E-state index >= 15 is 0 Å². The predicted octanol–water partition coefficient (Wildman–Crippen LogP) is 1.44. The normalized spacial score (nSPS) is 11.3. The number of rotatable bonds is 0. The molecule has 3 rings (SSSR count). The van der Waals surface area contributed by atoms with Crippen molar-refractivity contribution >= 4 is 28.6 Å². The van der Waals surface area contributed by atoms with Gasteiger partial charge in [0.15, 0.2) is 0 Å². The molecule has 0 saturated carbocycles. The van der Waals surface area contributed by atoms with Crippen LogP contribution in [0.3, 0.4) is 0 Å². The van der Waals surface area contributed by atoms with Gasteiger partial charge in [-0.05, 0) is 18.6 Å². The molecule has 3 aromatic heterocycles. The van der Waals surface area contributed by atoms with Crippen LogP contribution in [0.5, 0.6) is 0 Å². The summed E-state index contributed by atoms with van der Waals surface area (Å²) in [5.41, 5.74) is 2.83. The summed E-state index contributed by atoms with van der Waals surface area (Å²) < 4.78 is 0. The summed E-state index contributed by atoms with van der Waals surface area (Å²) in [5, 5.41) is 3.01. The van der Waals surface area contributed by atoms with Gasteiger partial charge in [-0.25, -0.2) is 9.97 Å². The summed E-state index contributed by atoms with van der Waals surface area (Å²) in [6.07, 6.45) is 3.49. The Kier molecular flexibility index (Phi) is 1.48. The van der Waals surface area contributed by atoms with Gasteiger partial charge >= 0.3 is 0 Å². The van der Waals surface area contributed by atoms with Crippen molar-refractivity contribution in [3.63, 3.8) is 0 Å². The summed E-state index contributed by atoms with van der Waals surface area (Å²) in [4.78, 5) is 14.7. The number of nitrogens with zero attached hydrogens (tertiary/aromatic N) is 2. The zero-order valence-corrected chi connectivity index (χ0v) is 8.33. The third kappa shape index (κ3) is 1.08. The minimum Gasteiger partial charge on any atom is -0.345 e. The molecule has 4 heteroatoms. The van der Waals surface area contributed by atoms with E-state index in [-0.39, 0.29) is 0 Å². The topological polar surface area (TPSA) is 57.4 Å². The van der Waals surface area contributed by atoms with Gasteiger partial charge in [0, 0.05) is 16.9 Å². The van der Waals surface area contributed by atoms with Crippen LogP contribution in [0, 0.1) is 6.92 Å². The Morgan fingerprint density at radius 2 is 2.07 bits per heavy atom. The van der Waals surface area contributed by atoms with Crippen LogP contribution in [0.25, 0.3) is 28.6 Å². The number of hydrogen-bond acceptors (Lipinski definition) is 2. The van der Waals surface area contributed by atoms with Gasteiger partial charge in [0.2, 0.25) is 0 Å². The standard InChI is InChI=1S/C11H10N4/c1-6-3-7(2)15-11-9-8(6)4-12-10(9)13-5-14-11/h3-5H,2H2,1H3,(H2,12,13,14,15). The summed E-state index contributed by atoms with van der Waals surface area (Å²) in [6, 6.07) is 2.00. The first kappa shape index (κ1) is 8.23. The number of H-pyrrole nitrogens is 2. The van der Waals surface area contributed by atoms with Crippen molar-refractivity contribution in [2.45, 2.75) is 6.92 Å². The molecule has 0 aromatic carbocycles. The van der Waals surface area contributed by atoms with Crippen LogP contribution in [-0.2, 0) is 0 Å². The molecule has 0 fully saturated rings. The minimum absolute atomic E-state index is 0.814. The summed E-state index contributed by atoms with van der Waals surface area (Å²) in [6.45, 7) is 5.97. The second kappa shape index (κ2) is 2.70. The average Bonchev–Trinajstić information content (AvgIpc) is 2.56. The third-order valence-electron chi connectivity index (χ3n) is 2.56. The van der Waals surface area contributed by atoms with E-state index in [9.17, 15) is 0 Å². The Morgan fingerprint density at radius 1 is 1.27 bits per heavy atom. The zero-order valence-electron chi connectivity index (χ0n) is 8.33. The van der Waals surface area contributed by atoms with Crippen LogP contribution in [0.2, 0.25) is 0 Å². The molecule has 0 saturated heterocycles. The van der Waals surface area contributed by atoms with Crippen LogP contribution >= 0.6 is 0 Å². The lowest BCUT2D eigenvalue weighted by molar-refractivity contribution is 1.18. The fourth-order valence-corrected chi connectivity index (χ4v) is 1.90. The predicted molar refractivity (Wildman–Crippen MR) is 60.0 cm³/mol. The first-order valence-electron chi connectivity index (χ1n) is 4.72. The van der Waals surface area contributed by atoms with E-state index in [4.69, 9.17) is 0 Å². The highest BCUT2D eigenvalue weighted by molar-refractivity contribution is 6.04. The maximum Gasteiger partial charge on any atom is 0.143 e. The number of aromatic nitrogens is 4. The van der Waals surface area contributed by atoms with E-state index in [1.165, 1.54) is 0 Å². The van der Waals surface area contributed by atoms with Gasteiger partial charge in [0.05, 0.1) is 5.39 Å². The van der Waals surface area contributed by atoms with Crippen LogP contribution in [0.4, 0.5) is 0 Å². The second-order valence-electron chi connectivity index (χ2n) is 3.63. The highest BCUT2D eigenvalue weighted by atomic mass is 15.0. The summed E-state index contributed by atoms with van der Waals surface area (Å²) in [5.74, 6) is 0. The van der Waals surface area contributed by atoms with Gasteiger partial charge in [0.1, 0.15) is 17.6 Å². The molecule has 15 heavy (non-hydrogen) atoms. The molecule has 3 aromatic rings. The zero-order chi connectivity index (χ0) is 10.4. The number of aromatic amines is 2. The van der Waals surface area contributed by atoms with Gasteiger partial charge < -0.3 is 9.97 Å². The van der Waals surface area contributed by atoms with Crippen molar-refractivity contribution in [1.82, 2.24) is 19.9 Å². The third-order valence-corrected chi connectivity index (χ3v) is 2.56. The quantitative estimate of drug-likeness (QED) is 0.574. The first-order chi connectivity index (χ1) is 7.25. The van der Waals surface area contributed by atoms with Crippen LogP contribution < -0.4 is 5.35 Å². The second-order valence-corrected chi connectivity index (χ2v) is 3.63. The molecule has 0 bridgehead atoms. The Labute approximate surface area is 85.7 Å². The average molecular weight is 198 g/mol. The molecule has 0 aliphatic heterocycles. The van der Waals surface area contributed by atoms with Crippen molar-refractivity contribution in [1.29, 1.82) is 0 Å². The molecular weight excluding hydrogens is 188 g/mol. The largest absolute Gasteiger partial charge is 0.345 e. The molecule has 0 unspecified atom stereocenters. The minimum atomic E-state index is 0.814. The van der Waals surface area contributed by atoms with E-state index in [0.717, 1.165) is 33.0 Å². The molecule has 3 heterocycles. The summed E-state index contributed by atoms with van der Waals surface area (Å²) >= 11 is 0. The molecule has 74 valence electrons. The number of aryl methyl sites for hydroxylation is 1. The van der Waals surface area contributed by atoms with Crippen molar-refractivity contribution in [2.24, 2.45) is 0 Å². The number of hydrogen-bond donors (Lipinski definition) is 2. The molecule has 0 amide bonds. The SMILES string of the molecule is C=c1cc(C)c2c[nH]c3ncnc([nH]1)c32. The van der Waals surface area contributed by atoms with Crippen LogP contribution in [-0.4, -0.2) is 19.9 Å². The Hall–Kier alpha value is -2.10. The van der Waals surface area contributed by atoms with Crippen LogP contribution in [0.1, 0.15) is 5.56 Å². The van der Waals surface area contributed by atoms with E-state index in [1.54, 1.807) is 6.33 Å². The molecular formula is C11H10N4. The van der Waals surface area contributed by atoms with Crippen molar-refractivity contribution < 1.29 is 0 Å². The molecule has 0 spiro atoms. The van der Waals surface area contributed by atoms with E-state index < -0.39 is 0 Å². The smallest absolute Gasteiger partial charge is 0.143 e. The lowest BCUT2D eigenvalue weighted by atomic mass is 10.2. The Bertz CT molecular complexity index is 705. The van der Waals surface area contributed by atoms with Gasteiger partial charge in [-0.15, -0.1) is 0 Å². The Morgan fingerprint density at radius 3 is 2.93 bits per heavy atom. The fourth-order valence-electron chi connectivity index (χ4n) is 1.90. The van der Waals surface area contributed by atoms with E-state index in [0.29, 0.717) is 0 Å². The maximum atomic E-state index is 4.22. The monoisotopic (exact) mass is 198 g/mol. The number of nitrogens with one attached hydrogen (secondary N) is 2. The van der Waals surface area contributed by atoms with Crippen molar-refractivity contribution in [3.05, 3.63) is 29.5 Å². The highest BCUT2D eigenvalue weighted by Gasteiger charge is 2.06. The van der Waals surface area contributed by atoms with Gasteiger partial charge in [-0.1, -0.05) is 6.58 Å². The summed E-state index contributed by atoms with van der Waals surface area (Å²) in [7, 11) is 0. The molecule has 0 radical (unpaired) electrons. The molecule has 4 nitrogen and oxygen atoms in total. The van der Waals surface area contributed by atoms with Crippen LogP contribution in [0.15, 0.2) is 18.6 Å². The van der Waals surface area contributed by atoms with Gasteiger partial charge in [-0.3, -0.25) is 0 Å². The fraction of sp³-hybridized carbons (Fsp3) is 0.0909. The van der Waals surface area contributed by atoms with Crippen molar-refractivity contribution in [2.75, 3.05) is 0 Å². The molecule has 0 aliphatic carbocycles. The maximum absolute atomic E-state index is 4.22. The first-order valence-corrected chi connectivity index (χ1v) is 4.72. The van der Waals surface area contributed by atoms with Gasteiger partial charge in [0.25, 0.3) is 0 Å². The van der Waals surface area contributed by atoms with Crippen molar-refractivity contribution in [3.8, 4) is 0 Å². The van der Waals surface area contributed by atoms with E-state index in [1.807, 2.05) is 12.3 Å². The molecule has 0 aliphatic rings. The molecule has 2 N–H and O–H groups in total. The lowest BCUT2D eigenvalue weighted by Gasteiger charge is -1.91. The van der Waals surface area contributed by atoms with Gasteiger partial charge in [-0.2, -0.15) is 0 Å².